The van der Waals surface area contributed by atoms with Gasteiger partial charge in [0.1, 0.15) is 0 Å². The van der Waals surface area contributed by atoms with Crippen LogP contribution >= 0.6 is 0 Å². The SMILES string of the molecule is NC(=O)/C(N)=N/S(=O)(=O)NCc1ccccc1. The topological polar surface area (TPSA) is 128 Å². The lowest BCUT2D eigenvalue weighted by Gasteiger charge is -2.02. The van der Waals surface area contributed by atoms with E-state index in [1.54, 1.807) is 30.3 Å². The van der Waals surface area contributed by atoms with Gasteiger partial charge in [-0.15, -0.1) is 4.40 Å². The number of amides is 1. The van der Waals surface area contributed by atoms with Gasteiger partial charge in [0.15, 0.2) is 0 Å². The molecule has 1 amide bonds. The van der Waals surface area contributed by atoms with Gasteiger partial charge >= 0.3 is 10.2 Å². The van der Waals surface area contributed by atoms with Crippen LogP contribution in [0, 0.1) is 0 Å². The van der Waals surface area contributed by atoms with Crippen LogP contribution in [0.15, 0.2) is 34.7 Å². The fourth-order valence-electron chi connectivity index (χ4n) is 0.977. The molecule has 0 radical (unpaired) electrons. The Bertz CT molecular complexity index is 524. The minimum Gasteiger partial charge on any atom is -0.378 e. The molecule has 0 aliphatic carbocycles. The minimum atomic E-state index is -4.01. The first-order valence-electron chi connectivity index (χ1n) is 4.59. The van der Waals surface area contributed by atoms with Crippen molar-refractivity contribution in [1.29, 1.82) is 0 Å². The van der Waals surface area contributed by atoms with Crippen molar-refractivity contribution in [2.75, 3.05) is 0 Å². The van der Waals surface area contributed by atoms with Gasteiger partial charge < -0.3 is 11.5 Å². The second kappa shape index (κ2) is 5.41. The highest BCUT2D eigenvalue weighted by atomic mass is 32.2. The number of carbonyl (C=O) groups excluding carboxylic acids is 1. The summed E-state index contributed by atoms with van der Waals surface area (Å²) in [4.78, 5) is 10.5. The summed E-state index contributed by atoms with van der Waals surface area (Å²) in [5, 5.41) is 0. The predicted molar refractivity (Wildman–Crippen MR) is 63.0 cm³/mol. The summed E-state index contributed by atoms with van der Waals surface area (Å²) < 4.78 is 27.8. The van der Waals surface area contributed by atoms with Crippen LogP contribution in [0.2, 0.25) is 0 Å². The summed E-state index contributed by atoms with van der Waals surface area (Å²) in [6, 6.07) is 8.82. The van der Waals surface area contributed by atoms with Crippen molar-refractivity contribution in [3.05, 3.63) is 35.9 Å². The van der Waals surface area contributed by atoms with E-state index < -0.39 is 22.0 Å². The Morgan fingerprint density at radius 1 is 1.24 bits per heavy atom. The van der Waals surface area contributed by atoms with Gasteiger partial charge in [-0.2, -0.15) is 13.1 Å². The van der Waals surface area contributed by atoms with Crippen LogP contribution in [0.25, 0.3) is 0 Å². The standard InChI is InChI=1S/C9H12N4O3S/c10-8(9(11)14)13-17(15,16)12-6-7-4-2-1-3-5-7/h1-5,12H,6H2,(H2,10,13)(H2,11,14). The van der Waals surface area contributed by atoms with E-state index in [-0.39, 0.29) is 6.54 Å². The van der Waals surface area contributed by atoms with Crippen LogP contribution in [0.4, 0.5) is 0 Å². The Kier molecular flexibility index (Phi) is 4.18. The van der Waals surface area contributed by atoms with Gasteiger partial charge in [0.25, 0.3) is 5.91 Å². The summed E-state index contributed by atoms with van der Waals surface area (Å²) in [6.45, 7) is 0.0543. The number of nitrogens with one attached hydrogen (secondary N) is 1. The van der Waals surface area contributed by atoms with E-state index in [1.807, 2.05) is 0 Å². The zero-order chi connectivity index (χ0) is 12.9. The molecule has 1 aromatic rings. The molecule has 8 heteroatoms. The molecule has 0 aliphatic heterocycles. The molecule has 0 unspecified atom stereocenters. The summed E-state index contributed by atoms with van der Waals surface area (Å²) in [5.41, 5.74) is 10.5. The Labute approximate surface area is 98.7 Å². The lowest BCUT2D eigenvalue weighted by Crippen LogP contribution is -2.33. The Morgan fingerprint density at radius 3 is 2.35 bits per heavy atom. The molecule has 0 atom stereocenters. The van der Waals surface area contributed by atoms with Crippen LogP contribution in [-0.2, 0) is 21.5 Å². The van der Waals surface area contributed by atoms with Crippen molar-refractivity contribution in [3.63, 3.8) is 0 Å². The average Bonchev–Trinajstić information content (AvgIpc) is 2.27. The molecule has 0 saturated heterocycles. The van der Waals surface area contributed by atoms with Gasteiger partial charge in [-0.3, -0.25) is 4.79 Å². The second-order valence-corrected chi connectivity index (χ2v) is 4.54. The summed E-state index contributed by atoms with van der Waals surface area (Å²) in [5.74, 6) is -1.85. The van der Waals surface area contributed by atoms with E-state index >= 15 is 0 Å². The number of hydrogen-bond donors (Lipinski definition) is 3. The highest BCUT2D eigenvalue weighted by molar-refractivity contribution is 7.88. The van der Waals surface area contributed by atoms with E-state index in [0.29, 0.717) is 0 Å². The number of nitrogens with two attached hydrogens (primary N) is 2. The maximum Gasteiger partial charge on any atom is 0.322 e. The first-order valence-corrected chi connectivity index (χ1v) is 6.03. The average molecular weight is 256 g/mol. The highest BCUT2D eigenvalue weighted by Gasteiger charge is 2.11. The molecule has 92 valence electrons. The molecule has 0 heterocycles. The van der Waals surface area contributed by atoms with Gasteiger partial charge in [-0.05, 0) is 5.56 Å². The maximum atomic E-state index is 11.3. The van der Waals surface area contributed by atoms with Crippen molar-refractivity contribution >= 4 is 22.0 Å². The molecule has 0 fully saturated rings. The molecule has 0 aliphatic rings. The van der Waals surface area contributed by atoms with Crippen LogP contribution in [0.3, 0.4) is 0 Å². The summed E-state index contributed by atoms with van der Waals surface area (Å²) in [6.07, 6.45) is 0. The second-order valence-electron chi connectivity index (χ2n) is 3.12. The molecule has 1 aromatic carbocycles. The van der Waals surface area contributed by atoms with Crippen LogP contribution in [0.5, 0.6) is 0 Å². The zero-order valence-electron chi connectivity index (χ0n) is 8.83. The van der Waals surface area contributed by atoms with Gasteiger partial charge in [0.05, 0.1) is 0 Å². The summed E-state index contributed by atoms with van der Waals surface area (Å²) in [7, 11) is -4.01. The van der Waals surface area contributed by atoms with Crippen molar-refractivity contribution in [3.8, 4) is 0 Å². The number of hydrogen-bond acceptors (Lipinski definition) is 3. The molecule has 5 N–H and O–H groups in total. The van der Waals surface area contributed by atoms with E-state index in [0.717, 1.165) is 5.56 Å². The molecule has 1 rings (SSSR count). The number of amidine groups is 1. The number of rotatable bonds is 4. The van der Waals surface area contributed by atoms with E-state index in [1.165, 1.54) is 0 Å². The van der Waals surface area contributed by atoms with Crippen molar-refractivity contribution < 1.29 is 13.2 Å². The van der Waals surface area contributed by atoms with Crippen molar-refractivity contribution in [2.45, 2.75) is 6.54 Å². The number of carbonyl (C=O) groups is 1. The molecule has 7 nitrogen and oxygen atoms in total. The van der Waals surface area contributed by atoms with E-state index in [2.05, 4.69) is 9.12 Å². The Hall–Kier alpha value is -1.93. The molecule has 0 aromatic heterocycles. The minimum absolute atomic E-state index is 0.0543. The van der Waals surface area contributed by atoms with Gasteiger partial charge in [0.2, 0.25) is 5.84 Å². The Balaban J connectivity index is 2.69. The molecule has 0 spiro atoms. The van der Waals surface area contributed by atoms with Crippen LogP contribution < -0.4 is 16.2 Å². The molecular formula is C9H12N4O3S. The first kappa shape index (κ1) is 13.1. The lowest BCUT2D eigenvalue weighted by molar-refractivity contribution is -0.112. The van der Waals surface area contributed by atoms with Crippen molar-refractivity contribution in [2.24, 2.45) is 15.9 Å². The monoisotopic (exact) mass is 256 g/mol. The molecular weight excluding hydrogens is 244 g/mol. The van der Waals surface area contributed by atoms with Gasteiger partial charge in [0, 0.05) is 6.54 Å². The zero-order valence-corrected chi connectivity index (χ0v) is 9.65. The summed E-state index contributed by atoms with van der Waals surface area (Å²) >= 11 is 0. The third-order valence-electron chi connectivity index (χ3n) is 1.77. The smallest absolute Gasteiger partial charge is 0.322 e. The van der Waals surface area contributed by atoms with Crippen LogP contribution in [0.1, 0.15) is 5.56 Å². The first-order chi connectivity index (χ1) is 7.91. The number of primary amides is 1. The number of benzene rings is 1. The van der Waals surface area contributed by atoms with Gasteiger partial charge in [-0.25, -0.2) is 0 Å². The fraction of sp³-hybridized carbons (Fsp3) is 0.111. The lowest BCUT2D eigenvalue weighted by atomic mass is 10.2. The van der Waals surface area contributed by atoms with E-state index in [9.17, 15) is 13.2 Å². The largest absolute Gasteiger partial charge is 0.378 e. The number of nitrogens with zero attached hydrogens (tertiary/aromatic N) is 1. The van der Waals surface area contributed by atoms with Crippen molar-refractivity contribution in [1.82, 2.24) is 4.72 Å². The van der Waals surface area contributed by atoms with Gasteiger partial charge in [-0.1, -0.05) is 30.3 Å². The quantitative estimate of drug-likeness (QED) is 0.465. The third-order valence-corrected chi connectivity index (χ3v) is 2.72. The fourth-order valence-corrected chi connectivity index (χ4v) is 1.74. The molecule has 17 heavy (non-hydrogen) atoms. The molecule has 0 saturated carbocycles. The maximum absolute atomic E-state index is 11.3. The predicted octanol–water partition coefficient (Wildman–Crippen LogP) is -1.14. The third kappa shape index (κ3) is 4.62. The highest BCUT2D eigenvalue weighted by Crippen LogP contribution is 1.99. The van der Waals surface area contributed by atoms with E-state index in [4.69, 9.17) is 11.5 Å². The Morgan fingerprint density at radius 2 is 1.82 bits per heavy atom. The normalized spacial score (nSPS) is 12.4. The molecule has 0 bridgehead atoms. The van der Waals surface area contributed by atoms with Crippen LogP contribution in [-0.4, -0.2) is 20.2 Å².